The number of benzene rings is 3. The number of aliphatic hydroxyl groups excluding tert-OH is 1. The monoisotopic (exact) mass is 482 g/mol. The van der Waals surface area contributed by atoms with Gasteiger partial charge in [-0.15, -0.1) is 0 Å². The van der Waals surface area contributed by atoms with Crippen molar-refractivity contribution in [1.29, 1.82) is 0 Å². The number of ether oxygens (including phenoxy) is 2. The molecule has 0 heterocycles. The van der Waals surface area contributed by atoms with Crippen LogP contribution in [0, 0.1) is 0 Å². The second kappa shape index (κ2) is 10.5. The third kappa shape index (κ3) is 6.00. The van der Waals surface area contributed by atoms with E-state index in [4.69, 9.17) is 9.47 Å². The molecule has 0 aliphatic heterocycles. The van der Waals surface area contributed by atoms with Crippen molar-refractivity contribution in [2.45, 2.75) is 6.10 Å². The van der Waals surface area contributed by atoms with Crippen LogP contribution in [-0.2, 0) is 4.79 Å². The lowest BCUT2D eigenvalue weighted by Crippen LogP contribution is -2.25. The van der Waals surface area contributed by atoms with Crippen LogP contribution in [0.25, 0.3) is 0 Å². The number of hydrogen-bond acceptors (Lipinski definition) is 6. The van der Waals surface area contributed by atoms with E-state index in [2.05, 4.69) is 26.5 Å². The van der Waals surface area contributed by atoms with Gasteiger partial charge in [0.05, 0.1) is 18.9 Å². The predicted molar refractivity (Wildman–Crippen MR) is 119 cm³/mol. The topological polar surface area (TPSA) is 97.2 Å². The van der Waals surface area contributed by atoms with Gasteiger partial charge in [-0.2, -0.15) is 5.10 Å². The summed E-state index contributed by atoms with van der Waals surface area (Å²) >= 11 is 3.35. The molecule has 0 saturated heterocycles. The average Bonchev–Trinajstić information content (AvgIpc) is 2.80. The lowest BCUT2D eigenvalue weighted by atomic mass is 10.1. The van der Waals surface area contributed by atoms with Crippen LogP contribution in [0.2, 0.25) is 0 Å². The largest absolute Gasteiger partial charge is 0.497 e. The molecule has 0 radical (unpaired) electrons. The van der Waals surface area contributed by atoms with Gasteiger partial charge in [-0.1, -0.05) is 46.3 Å². The van der Waals surface area contributed by atoms with E-state index in [1.807, 2.05) is 0 Å². The lowest BCUT2D eigenvalue weighted by Gasteiger charge is -2.10. The molecule has 3 aromatic rings. The molecule has 7 nitrogen and oxygen atoms in total. The Morgan fingerprint density at radius 2 is 1.77 bits per heavy atom. The van der Waals surface area contributed by atoms with E-state index < -0.39 is 18.0 Å². The summed E-state index contributed by atoms with van der Waals surface area (Å²) in [6.45, 7) is 0. The zero-order valence-corrected chi connectivity index (χ0v) is 18.1. The van der Waals surface area contributed by atoms with Gasteiger partial charge in [-0.05, 0) is 48.0 Å². The third-order valence-corrected chi connectivity index (χ3v) is 4.74. The van der Waals surface area contributed by atoms with Gasteiger partial charge in [0.15, 0.2) is 6.10 Å². The molecule has 3 aromatic carbocycles. The summed E-state index contributed by atoms with van der Waals surface area (Å²) in [5.74, 6) is -0.357. The molecule has 0 aliphatic rings. The summed E-state index contributed by atoms with van der Waals surface area (Å²) in [4.78, 5) is 24.6. The van der Waals surface area contributed by atoms with E-state index in [0.29, 0.717) is 22.4 Å². The molecule has 8 heteroatoms. The number of aliphatic hydroxyl groups is 1. The molecule has 2 N–H and O–H groups in total. The minimum Gasteiger partial charge on any atom is -0.497 e. The number of amides is 1. The van der Waals surface area contributed by atoms with Gasteiger partial charge in [0.2, 0.25) is 0 Å². The number of rotatable bonds is 7. The summed E-state index contributed by atoms with van der Waals surface area (Å²) in [5.41, 5.74) is 3.54. The smallest absolute Gasteiger partial charge is 0.343 e. The van der Waals surface area contributed by atoms with E-state index in [1.54, 1.807) is 79.9 Å². The number of hydrazone groups is 1. The Balaban J connectivity index is 1.70. The van der Waals surface area contributed by atoms with Crippen LogP contribution in [-0.4, -0.2) is 30.3 Å². The van der Waals surface area contributed by atoms with Crippen molar-refractivity contribution in [2.75, 3.05) is 7.11 Å². The Morgan fingerprint density at radius 3 is 2.45 bits per heavy atom. The van der Waals surface area contributed by atoms with Gasteiger partial charge < -0.3 is 14.6 Å². The first kappa shape index (κ1) is 22.2. The molecular formula is C23H19BrN2O5. The van der Waals surface area contributed by atoms with Crippen LogP contribution in [0.1, 0.15) is 27.6 Å². The number of halogens is 1. The van der Waals surface area contributed by atoms with Crippen LogP contribution in [0.15, 0.2) is 82.4 Å². The van der Waals surface area contributed by atoms with Crippen molar-refractivity contribution < 1.29 is 24.2 Å². The van der Waals surface area contributed by atoms with Gasteiger partial charge in [-0.25, -0.2) is 10.2 Å². The Hall–Kier alpha value is -3.49. The lowest BCUT2D eigenvalue weighted by molar-refractivity contribution is -0.129. The number of carbonyl (C=O) groups is 2. The first-order valence-electron chi connectivity index (χ1n) is 9.19. The van der Waals surface area contributed by atoms with Crippen molar-refractivity contribution in [3.05, 3.63) is 94.0 Å². The van der Waals surface area contributed by atoms with Gasteiger partial charge in [0.1, 0.15) is 11.5 Å². The average molecular weight is 483 g/mol. The maximum Gasteiger partial charge on any atom is 0.343 e. The number of carbonyl (C=O) groups excluding carboxylic acids is 2. The molecule has 1 unspecified atom stereocenters. The molecular weight excluding hydrogens is 464 g/mol. The zero-order valence-electron chi connectivity index (χ0n) is 16.5. The fourth-order valence-electron chi connectivity index (χ4n) is 2.61. The molecule has 0 spiro atoms. The highest BCUT2D eigenvalue weighted by molar-refractivity contribution is 9.10. The van der Waals surface area contributed by atoms with Crippen LogP contribution < -0.4 is 14.9 Å². The summed E-state index contributed by atoms with van der Waals surface area (Å²) < 4.78 is 11.3. The Morgan fingerprint density at radius 1 is 1.06 bits per heavy atom. The van der Waals surface area contributed by atoms with Crippen molar-refractivity contribution in [1.82, 2.24) is 5.43 Å². The van der Waals surface area contributed by atoms with E-state index in [9.17, 15) is 14.7 Å². The predicted octanol–water partition coefficient (Wildman–Crippen LogP) is 3.86. The van der Waals surface area contributed by atoms with E-state index in [1.165, 1.54) is 6.21 Å². The number of nitrogens with zero attached hydrogens (tertiary/aromatic N) is 1. The fourth-order valence-corrected chi connectivity index (χ4v) is 2.99. The molecule has 158 valence electrons. The molecule has 0 aliphatic carbocycles. The van der Waals surface area contributed by atoms with Crippen LogP contribution in [0.5, 0.6) is 11.5 Å². The number of nitrogens with one attached hydrogen (secondary N) is 1. The number of methoxy groups -OCH3 is 1. The van der Waals surface area contributed by atoms with Gasteiger partial charge >= 0.3 is 5.97 Å². The van der Waals surface area contributed by atoms with Crippen molar-refractivity contribution in [3.8, 4) is 11.5 Å². The quantitative estimate of drug-likeness (QED) is 0.230. The molecule has 0 aromatic heterocycles. The Labute approximate surface area is 187 Å². The van der Waals surface area contributed by atoms with Gasteiger partial charge in [-0.3, -0.25) is 4.79 Å². The van der Waals surface area contributed by atoms with Gasteiger partial charge in [0, 0.05) is 10.0 Å². The normalized spacial score (nSPS) is 11.7. The Kier molecular flexibility index (Phi) is 7.53. The molecule has 0 saturated carbocycles. The summed E-state index contributed by atoms with van der Waals surface area (Å²) in [7, 11) is 1.54. The van der Waals surface area contributed by atoms with E-state index in [-0.39, 0.29) is 5.75 Å². The SMILES string of the molecule is COc1ccc(C(=O)Oc2ccc(Br)cc2/C=N/NC(=O)C(O)c2ccccc2)cc1. The summed E-state index contributed by atoms with van der Waals surface area (Å²) in [5, 5.41) is 14.0. The fraction of sp³-hybridized carbons (Fsp3) is 0.0870. The highest BCUT2D eigenvalue weighted by Crippen LogP contribution is 2.23. The van der Waals surface area contributed by atoms with Gasteiger partial charge in [0.25, 0.3) is 5.91 Å². The molecule has 1 amide bonds. The number of hydrogen-bond donors (Lipinski definition) is 2. The van der Waals surface area contributed by atoms with E-state index >= 15 is 0 Å². The first-order chi connectivity index (χ1) is 15.0. The molecule has 3 rings (SSSR count). The highest BCUT2D eigenvalue weighted by Gasteiger charge is 2.16. The second-order valence-electron chi connectivity index (χ2n) is 6.35. The standard InChI is InChI=1S/C23H19BrN2O5/c1-30-19-10-7-16(8-11-19)23(29)31-20-12-9-18(24)13-17(20)14-25-26-22(28)21(27)15-5-3-2-4-6-15/h2-14,21,27H,1H3,(H,26,28)/b25-14+. The van der Waals surface area contributed by atoms with Crippen LogP contribution >= 0.6 is 15.9 Å². The highest BCUT2D eigenvalue weighted by atomic mass is 79.9. The van der Waals surface area contributed by atoms with Crippen LogP contribution in [0.4, 0.5) is 0 Å². The van der Waals surface area contributed by atoms with Crippen molar-refractivity contribution >= 4 is 34.0 Å². The maximum absolute atomic E-state index is 12.5. The third-order valence-electron chi connectivity index (χ3n) is 4.24. The van der Waals surface area contributed by atoms with Crippen molar-refractivity contribution in [3.63, 3.8) is 0 Å². The minimum absolute atomic E-state index is 0.255. The summed E-state index contributed by atoms with van der Waals surface area (Å²) in [6.07, 6.45) is -0.0231. The minimum atomic E-state index is -1.35. The molecule has 0 fully saturated rings. The molecule has 31 heavy (non-hydrogen) atoms. The first-order valence-corrected chi connectivity index (χ1v) is 9.99. The number of esters is 1. The zero-order chi connectivity index (χ0) is 22.2. The molecule has 0 bridgehead atoms. The second-order valence-corrected chi connectivity index (χ2v) is 7.26. The molecule has 1 atom stereocenters. The summed E-state index contributed by atoms with van der Waals surface area (Å²) in [6, 6.07) is 20.0. The maximum atomic E-state index is 12.5. The van der Waals surface area contributed by atoms with Crippen LogP contribution in [0.3, 0.4) is 0 Å². The van der Waals surface area contributed by atoms with Crippen molar-refractivity contribution in [2.24, 2.45) is 5.10 Å². The Bertz CT molecular complexity index is 1080. The van der Waals surface area contributed by atoms with E-state index in [0.717, 1.165) is 4.47 Å².